The highest BCUT2D eigenvalue weighted by molar-refractivity contribution is 5.86. The lowest BCUT2D eigenvalue weighted by molar-refractivity contribution is -0.124. The number of allylic oxidation sites excluding steroid dienone is 2. The molecule has 1 aromatic heterocycles. The average Bonchev–Trinajstić information content (AvgIpc) is 3.02. The van der Waals surface area contributed by atoms with Crippen LogP contribution in [0.15, 0.2) is 24.6 Å². The summed E-state index contributed by atoms with van der Waals surface area (Å²) in [4.78, 5) is 18.1. The Kier molecular flexibility index (Phi) is 7.21. The van der Waals surface area contributed by atoms with Crippen molar-refractivity contribution in [3.63, 3.8) is 0 Å². The summed E-state index contributed by atoms with van der Waals surface area (Å²) in [5, 5.41) is 8.52. The van der Waals surface area contributed by atoms with Crippen LogP contribution < -0.4 is 5.48 Å². The van der Waals surface area contributed by atoms with Crippen LogP contribution in [-0.2, 0) is 17.8 Å². The van der Waals surface area contributed by atoms with E-state index in [2.05, 4.69) is 40.5 Å². The van der Waals surface area contributed by atoms with Gasteiger partial charge in [-0.1, -0.05) is 32.4 Å². The van der Waals surface area contributed by atoms with Crippen molar-refractivity contribution < 1.29 is 10.0 Å². The summed E-state index contributed by atoms with van der Waals surface area (Å²) in [6, 6.07) is 0. The molecule has 132 valence electrons. The Labute approximate surface area is 143 Å². The topological polar surface area (TPSA) is 70.4 Å². The molecule has 6 nitrogen and oxygen atoms in total. The number of unbranched alkanes of at least 4 members (excludes halogenated alkanes) is 1. The summed E-state index contributed by atoms with van der Waals surface area (Å²) < 4.78 is 2.21. The summed E-state index contributed by atoms with van der Waals surface area (Å²) in [6.07, 6.45) is 12.5. The number of nitrogens with zero attached hydrogens (tertiary/aromatic N) is 3. The van der Waals surface area contributed by atoms with Crippen molar-refractivity contribution in [1.29, 1.82) is 0 Å². The van der Waals surface area contributed by atoms with Gasteiger partial charge in [0.15, 0.2) is 0 Å². The lowest BCUT2D eigenvalue weighted by Gasteiger charge is -2.21. The highest BCUT2D eigenvalue weighted by Gasteiger charge is 2.17. The first kappa shape index (κ1) is 18.4. The average molecular weight is 332 g/mol. The van der Waals surface area contributed by atoms with Crippen LogP contribution in [0.4, 0.5) is 0 Å². The van der Waals surface area contributed by atoms with E-state index in [9.17, 15) is 4.79 Å². The summed E-state index contributed by atoms with van der Waals surface area (Å²) in [6.45, 7) is 8.63. The minimum atomic E-state index is -0.508. The Morgan fingerprint density at radius 1 is 1.50 bits per heavy atom. The number of aromatic nitrogens is 2. The Bertz CT molecular complexity index is 592. The number of carbonyl (C=O) groups excluding carboxylic acids is 1. The molecule has 1 amide bonds. The van der Waals surface area contributed by atoms with Crippen molar-refractivity contribution >= 4 is 12.0 Å². The summed E-state index contributed by atoms with van der Waals surface area (Å²) in [5.41, 5.74) is 3.83. The predicted octanol–water partition coefficient (Wildman–Crippen LogP) is 2.25. The minimum absolute atomic E-state index is 0.134. The first-order chi connectivity index (χ1) is 11.7. The molecule has 1 aliphatic rings. The SMILES string of the molecule is CCCCN(CC)CCn1cnc2c1C=CC(/C=C/C(=O)NO)C2. The summed E-state index contributed by atoms with van der Waals surface area (Å²) in [7, 11) is 0. The zero-order chi connectivity index (χ0) is 17.4. The van der Waals surface area contributed by atoms with E-state index < -0.39 is 5.91 Å². The molecule has 0 spiro atoms. The minimum Gasteiger partial charge on any atom is -0.330 e. The van der Waals surface area contributed by atoms with Crippen molar-refractivity contribution in [3.8, 4) is 0 Å². The van der Waals surface area contributed by atoms with Crippen molar-refractivity contribution in [2.75, 3.05) is 19.6 Å². The second-order valence-electron chi connectivity index (χ2n) is 6.12. The van der Waals surface area contributed by atoms with Gasteiger partial charge in [-0.2, -0.15) is 0 Å². The first-order valence-corrected chi connectivity index (χ1v) is 8.74. The maximum Gasteiger partial charge on any atom is 0.267 e. The molecule has 0 saturated heterocycles. The fourth-order valence-electron chi connectivity index (χ4n) is 2.91. The normalized spacial score (nSPS) is 16.8. The third-order valence-electron chi connectivity index (χ3n) is 4.43. The van der Waals surface area contributed by atoms with Gasteiger partial charge in [-0.05, 0) is 25.6 Å². The fourth-order valence-corrected chi connectivity index (χ4v) is 2.91. The molecule has 1 aliphatic carbocycles. The zero-order valence-electron chi connectivity index (χ0n) is 14.6. The molecule has 1 aromatic rings. The molecule has 1 unspecified atom stereocenters. The van der Waals surface area contributed by atoms with E-state index in [1.807, 2.05) is 6.33 Å². The van der Waals surface area contributed by atoms with Crippen LogP contribution in [0.3, 0.4) is 0 Å². The van der Waals surface area contributed by atoms with Gasteiger partial charge >= 0.3 is 0 Å². The largest absolute Gasteiger partial charge is 0.330 e. The summed E-state index contributed by atoms with van der Waals surface area (Å²) >= 11 is 0. The maximum atomic E-state index is 11.1. The molecule has 1 atom stereocenters. The van der Waals surface area contributed by atoms with Crippen molar-refractivity contribution in [2.45, 2.75) is 39.7 Å². The molecule has 0 aliphatic heterocycles. The van der Waals surface area contributed by atoms with Gasteiger partial charge in [0, 0.05) is 31.5 Å². The van der Waals surface area contributed by atoms with E-state index in [0.29, 0.717) is 0 Å². The molecule has 0 saturated carbocycles. The van der Waals surface area contributed by atoms with Crippen molar-refractivity contribution in [3.05, 3.63) is 35.9 Å². The molecule has 0 aromatic carbocycles. The third kappa shape index (κ3) is 5.04. The van der Waals surface area contributed by atoms with E-state index in [4.69, 9.17) is 5.21 Å². The molecular formula is C18H28N4O2. The molecule has 0 radical (unpaired) electrons. The van der Waals surface area contributed by atoms with Gasteiger partial charge in [-0.3, -0.25) is 10.0 Å². The number of hydrogen-bond donors (Lipinski definition) is 2. The van der Waals surface area contributed by atoms with Gasteiger partial charge in [0.05, 0.1) is 17.7 Å². The highest BCUT2D eigenvalue weighted by atomic mass is 16.5. The van der Waals surface area contributed by atoms with Crippen molar-refractivity contribution in [2.24, 2.45) is 5.92 Å². The number of imidazole rings is 1. The molecule has 24 heavy (non-hydrogen) atoms. The van der Waals surface area contributed by atoms with Crippen LogP contribution in [0, 0.1) is 5.92 Å². The second-order valence-corrected chi connectivity index (χ2v) is 6.12. The van der Waals surface area contributed by atoms with Crippen LogP contribution in [0.5, 0.6) is 0 Å². The van der Waals surface area contributed by atoms with Crippen molar-refractivity contribution in [1.82, 2.24) is 19.9 Å². The van der Waals surface area contributed by atoms with Crippen LogP contribution >= 0.6 is 0 Å². The molecule has 0 bridgehead atoms. The highest BCUT2D eigenvalue weighted by Crippen LogP contribution is 2.22. The van der Waals surface area contributed by atoms with E-state index >= 15 is 0 Å². The standard InChI is InChI=1S/C18H28N4O2/c1-3-5-10-21(4-2)11-12-22-14-19-16-13-15(6-8-17(16)22)7-9-18(23)20-24/h6-9,14-15,24H,3-5,10-13H2,1-2H3,(H,20,23)/b9-7+. The predicted molar refractivity (Wildman–Crippen MR) is 94.5 cm³/mol. The van der Waals surface area contributed by atoms with Gasteiger partial charge in [-0.15, -0.1) is 0 Å². The Hall–Kier alpha value is -1.92. The number of hydroxylamine groups is 1. The number of amides is 1. The third-order valence-corrected chi connectivity index (χ3v) is 4.43. The van der Waals surface area contributed by atoms with Crippen LogP contribution in [-0.4, -0.2) is 45.2 Å². The van der Waals surface area contributed by atoms with Crippen LogP contribution in [0.1, 0.15) is 38.1 Å². The second kappa shape index (κ2) is 9.39. The monoisotopic (exact) mass is 332 g/mol. The fraction of sp³-hybridized carbons (Fsp3) is 0.556. The first-order valence-electron chi connectivity index (χ1n) is 8.74. The Morgan fingerprint density at radius 3 is 3.04 bits per heavy atom. The van der Waals surface area contributed by atoms with E-state index in [0.717, 1.165) is 44.0 Å². The molecule has 2 N–H and O–H groups in total. The Balaban J connectivity index is 1.93. The van der Waals surface area contributed by atoms with Gasteiger partial charge in [-0.25, -0.2) is 10.5 Å². The van der Waals surface area contributed by atoms with Gasteiger partial charge in [0.25, 0.3) is 5.91 Å². The number of carbonyl (C=O) groups is 1. The summed E-state index contributed by atoms with van der Waals surface area (Å²) in [5.74, 6) is -0.374. The lowest BCUT2D eigenvalue weighted by atomic mass is 9.96. The number of nitrogens with one attached hydrogen (secondary N) is 1. The quantitative estimate of drug-likeness (QED) is 0.413. The molecule has 0 fully saturated rings. The van der Waals surface area contributed by atoms with Crippen LogP contribution in [0.25, 0.3) is 6.08 Å². The molecule has 2 rings (SSSR count). The van der Waals surface area contributed by atoms with E-state index in [1.165, 1.54) is 18.9 Å². The Morgan fingerprint density at radius 2 is 2.33 bits per heavy atom. The van der Waals surface area contributed by atoms with Gasteiger partial charge in [0.2, 0.25) is 0 Å². The number of fused-ring (bicyclic) bond motifs is 1. The zero-order valence-corrected chi connectivity index (χ0v) is 14.6. The smallest absolute Gasteiger partial charge is 0.267 e. The van der Waals surface area contributed by atoms with Gasteiger partial charge < -0.3 is 9.47 Å². The maximum absolute atomic E-state index is 11.1. The molecule has 6 heteroatoms. The number of hydrogen-bond acceptors (Lipinski definition) is 4. The van der Waals surface area contributed by atoms with E-state index in [-0.39, 0.29) is 5.92 Å². The lowest BCUT2D eigenvalue weighted by Crippen LogP contribution is -2.28. The van der Waals surface area contributed by atoms with E-state index in [1.54, 1.807) is 11.6 Å². The van der Waals surface area contributed by atoms with Crippen LogP contribution in [0.2, 0.25) is 0 Å². The van der Waals surface area contributed by atoms with Gasteiger partial charge in [0.1, 0.15) is 0 Å². The molecular weight excluding hydrogens is 304 g/mol. The number of rotatable bonds is 9. The molecule has 1 heterocycles. The number of likely N-dealkylation sites (N-methyl/N-ethyl adjacent to an activating group) is 1.